The zero-order valence-electron chi connectivity index (χ0n) is 13.5. The fourth-order valence-corrected chi connectivity index (χ4v) is 3.13. The Balaban J connectivity index is 1.71. The molecule has 1 aliphatic heterocycles. The number of hydrogen-bond donors (Lipinski definition) is 1. The second-order valence-corrected chi connectivity index (χ2v) is 6.99. The van der Waals surface area contributed by atoms with E-state index < -0.39 is 0 Å². The summed E-state index contributed by atoms with van der Waals surface area (Å²) < 4.78 is 1.08. The zero-order chi connectivity index (χ0) is 15.9. The van der Waals surface area contributed by atoms with Crippen LogP contribution in [0.2, 0.25) is 0 Å². The van der Waals surface area contributed by atoms with Crippen molar-refractivity contribution in [2.75, 3.05) is 33.2 Å². The Bertz CT molecular complexity index is 469. The van der Waals surface area contributed by atoms with E-state index in [4.69, 9.17) is 0 Å². The van der Waals surface area contributed by atoms with Gasteiger partial charge in [0.05, 0.1) is 6.54 Å². The monoisotopic (exact) mass is 367 g/mol. The first-order valence-corrected chi connectivity index (χ1v) is 8.81. The van der Waals surface area contributed by atoms with Crippen molar-refractivity contribution in [2.24, 2.45) is 0 Å². The summed E-state index contributed by atoms with van der Waals surface area (Å²) in [5.74, 6) is 0.134. The van der Waals surface area contributed by atoms with E-state index in [0.29, 0.717) is 12.6 Å². The van der Waals surface area contributed by atoms with E-state index in [2.05, 4.69) is 50.1 Å². The van der Waals surface area contributed by atoms with Gasteiger partial charge in [-0.25, -0.2) is 0 Å². The van der Waals surface area contributed by atoms with Gasteiger partial charge in [-0.3, -0.25) is 9.69 Å². The van der Waals surface area contributed by atoms with Gasteiger partial charge in [0.1, 0.15) is 0 Å². The maximum Gasteiger partial charge on any atom is 0.234 e. The summed E-state index contributed by atoms with van der Waals surface area (Å²) in [4.78, 5) is 16.6. The predicted octanol–water partition coefficient (Wildman–Crippen LogP) is 2.48. The number of rotatable bonds is 6. The Hall–Kier alpha value is -0.910. The summed E-state index contributed by atoms with van der Waals surface area (Å²) in [7, 11) is 1.99. The largest absolute Gasteiger partial charge is 0.352 e. The first kappa shape index (κ1) is 17.4. The second kappa shape index (κ2) is 8.65. The summed E-state index contributed by atoms with van der Waals surface area (Å²) in [5.41, 5.74) is 1.22. The van der Waals surface area contributed by atoms with E-state index in [1.54, 1.807) is 0 Å². The fourth-order valence-electron chi connectivity index (χ4n) is 2.87. The molecule has 5 heteroatoms. The van der Waals surface area contributed by atoms with Crippen molar-refractivity contribution < 1.29 is 4.79 Å². The number of likely N-dealkylation sites (N-methyl/N-ethyl adjacent to an activating group) is 1. The molecule has 0 radical (unpaired) electrons. The number of nitrogens with zero attached hydrogens (tertiary/aromatic N) is 2. The van der Waals surface area contributed by atoms with Crippen molar-refractivity contribution in [1.82, 2.24) is 15.1 Å². The minimum absolute atomic E-state index is 0.134. The van der Waals surface area contributed by atoms with Crippen molar-refractivity contribution in [3.8, 4) is 0 Å². The van der Waals surface area contributed by atoms with Crippen LogP contribution >= 0.6 is 15.9 Å². The quantitative estimate of drug-likeness (QED) is 0.838. The van der Waals surface area contributed by atoms with E-state index in [1.165, 1.54) is 5.56 Å². The maximum atomic E-state index is 12.1. The van der Waals surface area contributed by atoms with Gasteiger partial charge < -0.3 is 10.2 Å². The highest BCUT2D eigenvalue weighted by molar-refractivity contribution is 9.10. The molecule has 22 heavy (non-hydrogen) atoms. The fraction of sp³-hybridized carbons (Fsp3) is 0.588. The van der Waals surface area contributed by atoms with Crippen LogP contribution in [0.4, 0.5) is 0 Å². The van der Waals surface area contributed by atoms with Crippen LogP contribution in [0, 0.1) is 0 Å². The van der Waals surface area contributed by atoms with E-state index in [1.807, 2.05) is 19.2 Å². The van der Waals surface area contributed by atoms with E-state index in [0.717, 1.165) is 43.5 Å². The number of benzene rings is 1. The smallest absolute Gasteiger partial charge is 0.234 e. The third-order valence-corrected chi connectivity index (χ3v) is 4.71. The van der Waals surface area contributed by atoms with Gasteiger partial charge in [-0.15, -0.1) is 0 Å². The van der Waals surface area contributed by atoms with Crippen LogP contribution in [-0.2, 0) is 11.3 Å². The van der Waals surface area contributed by atoms with Gasteiger partial charge in [0, 0.05) is 30.1 Å². The first-order valence-electron chi connectivity index (χ1n) is 8.01. The predicted molar refractivity (Wildman–Crippen MR) is 93.8 cm³/mol. The van der Waals surface area contributed by atoms with Crippen molar-refractivity contribution in [1.29, 1.82) is 0 Å². The average molecular weight is 368 g/mol. The second-order valence-electron chi connectivity index (χ2n) is 6.07. The summed E-state index contributed by atoms with van der Waals surface area (Å²) >= 11 is 3.44. The number of carbonyl (C=O) groups excluding carboxylic acids is 1. The molecule has 0 atom stereocenters. The molecule has 0 aromatic heterocycles. The van der Waals surface area contributed by atoms with Crippen LogP contribution in [0.15, 0.2) is 28.7 Å². The minimum Gasteiger partial charge on any atom is -0.352 e. The first-order chi connectivity index (χ1) is 10.6. The molecule has 0 unspecified atom stereocenters. The van der Waals surface area contributed by atoms with Crippen LogP contribution in [-0.4, -0.2) is 55.0 Å². The van der Waals surface area contributed by atoms with Gasteiger partial charge >= 0.3 is 0 Å². The SMILES string of the molecule is CCN1CCC(NC(=O)CN(C)Cc2ccc(Br)cc2)CC1. The topological polar surface area (TPSA) is 35.6 Å². The average Bonchev–Trinajstić information content (AvgIpc) is 2.50. The Morgan fingerprint density at radius 2 is 1.95 bits per heavy atom. The summed E-state index contributed by atoms with van der Waals surface area (Å²) in [5, 5.41) is 3.17. The van der Waals surface area contributed by atoms with Gasteiger partial charge in [0.25, 0.3) is 0 Å². The Labute approximate surface area is 142 Å². The van der Waals surface area contributed by atoms with Gasteiger partial charge in [-0.2, -0.15) is 0 Å². The molecule has 0 saturated carbocycles. The summed E-state index contributed by atoms with van der Waals surface area (Å²) in [6.45, 7) is 6.72. The van der Waals surface area contributed by atoms with Gasteiger partial charge in [0.2, 0.25) is 5.91 Å². The van der Waals surface area contributed by atoms with E-state index >= 15 is 0 Å². The molecule has 1 fully saturated rings. The van der Waals surface area contributed by atoms with Crippen LogP contribution in [0.5, 0.6) is 0 Å². The number of nitrogens with one attached hydrogen (secondary N) is 1. The Morgan fingerprint density at radius 1 is 1.32 bits per heavy atom. The van der Waals surface area contributed by atoms with Crippen LogP contribution in [0.1, 0.15) is 25.3 Å². The highest BCUT2D eigenvalue weighted by Gasteiger charge is 2.19. The normalized spacial score (nSPS) is 16.9. The van der Waals surface area contributed by atoms with Gasteiger partial charge in [0.15, 0.2) is 0 Å². The van der Waals surface area contributed by atoms with Crippen LogP contribution in [0.25, 0.3) is 0 Å². The molecule has 0 bridgehead atoms. The van der Waals surface area contributed by atoms with Crippen LogP contribution in [0.3, 0.4) is 0 Å². The minimum atomic E-state index is 0.134. The highest BCUT2D eigenvalue weighted by atomic mass is 79.9. The molecule has 1 saturated heterocycles. The molecular formula is C17H26BrN3O. The Morgan fingerprint density at radius 3 is 2.55 bits per heavy atom. The van der Waals surface area contributed by atoms with Crippen molar-refractivity contribution in [3.05, 3.63) is 34.3 Å². The number of piperidine rings is 1. The van der Waals surface area contributed by atoms with Crippen LogP contribution < -0.4 is 5.32 Å². The standard InChI is InChI=1S/C17H26BrN3O/c1-3-21-10-8-16(9-11-21)19-17(22)13-20(2)12-14-4-6-15(18)7-5-14/h4-7,16H,3,8-13H2,1-2H3,(H,19,22). The molecule has 0 spiro atoms. The lowest BCUT2D eigenvalue weighted by molar-refractivity contribution is -0.123. The lowest BCUT2D eigenvalue weighted by atomic mass is 10.1. The molecule has 122 valence electrons. The molecule has 1 amide bonds. The number of carbonyl (C=O) groups is 1. The Kier molecular flexibility index (Phi) is 6.86. The van der Waals surface area contributed by atoms with Gasteiger partial charge in [-0.1, -0.05) is 35.0 Å². The van der Waals surface area contributed by atoms with Crippen molar-refractivity contribution in [3.63, 3.8) is 0 Å². The summed E-state index contributed by atoms with van der Waals surface area (Å²) in [6.07, 6.45) is 2.13. The number of likely N-dealkylation sites (tertiary alicyclic amines) is 1. The number of hydrogen-bond acceptors (Lipinski definition) is 3. The number of amides is 1. The zero-order valence-corrected chi connectivity index (χ0v) is 15.1. The highest BCUT2D eigenvalue weighted by Crippen LogP contribution is 2.12. The molecule has 1 heterocycles. The molecule has 0 aliphatic carbocycles. The lowest BCUT2D eigenvalue weighted by Gasteiger charge is -2.31. The van der Waals surface area contributed by atoms with Crippen molar-refractivity contribution in [2.45, 2.75) is 32.4 Å². The number of halogens is 1. The van der Waals surface area contributed by atoms with Gasteiger partial charge in [-0.05, 0) is 44.1 Å². The molecule has 1 aromatic carbocycles. The maximum absolute atomic E-state index is 12.1. The van der Waals surface area contributed by atoms with Crippen molar-refractivity contribution >= 4 is 21.8 Å². The van der Waals surface area contributed by atoms with E-state index in [9.17, 15) is 4.79 Å². The third kappa shape index (κ3) is 5.71. The third-order valence-electron chi connectivity index (χ3n) is 4.18. The molecule has 1 aliphatic rings. The lowest BCUT2D eigenvalue weighted by Crippen LogP contribution is -2.46. The molecule has 1 aromatic rings. The molecule has 1 N–H and O–H groups in total. The molecule has 2 rings (SSSR count). The summed E-state index contributed by atoms with van der Waals surface area (Å²) in [6, 6.07) is 8.57. The molecule has 4 nitrogen and oxygen atoms in total. The molecular weight excluding hydrogens is 342 g/mol. The van der Waals surface area contributed by atoms with E-state index in [-0.39, 0.29) is 5.91 Å².